The number of hydrogen-bond donors (Lipinski definition) is 1. The standard InChI is InChI=1S/C2H4O2.In.6H2O.3H/c1-2(3)4;;;;;;;;;;/h1H3,(H,3,4);;6*1H2;;;. The Kier molecular flexibility index (Phi) is 932. The van der Waals surface area contributed by atoms with Gasteiger partial charge in [-0.2, -0.15) is 0 Å². The van der Waals surface area contributed by atoms with Crippen molar-refractivity contribution in [3.05, 3.63) is 0 Å². The molecule has 0 heterocycles. The van der Waals surface area contributed by atoms with Crippen molar-refractivity contribution in [1.29, 1.82) is 0 Å². The van der Waals surface area contributed by atoms with Crippen LogP contribution in [-0.4, -0.2) is 69.8 Å². The van der Waals surface area contributed by atoms with Crippen LogP contribution in [0.25, 0.3) is 0 Å². The van der Waals surface area contributed by atoms with E-state index in [1.807, 2.05) is 0 Å². The van der Waals surface area contributed by atoms with Crippen LogP contribution in [0.3, 0.4) is 0 Å². The molecule has 0 radical (unpaired) electrons. The molecule has 8 nitrogen and oxygen atoms in total. The van der Waals surface area contributed by atoms with Gasteiger partial charge in [-0.3, -0.25) is 4.79 Å². The van der Waals surface area contributed by atoms with Crippen molar-refractivity contribution < 1.29 is 42.8 Å². The molecule has 0 amide bonds. The van der Waals surface area contributed by atoms with Crippen LogP contribution < -0.4 is 0 Å². The first kappa shape index (κ1) is 118. The summed E-state index contributed by atoms with van der Waals surface area (Å²) in [5.41, 5.74) is 0. The Labute approximate surface area is 81.9 Å². The zero-order valence-corrected chi connectivity index (χ0v) is 5.36. The van der Waals surface area contributed by atoms with E-state index in [2.05, 4.69) is 0 Å². The van der Waals surface area contributed by atoms with Gasteiger partial charge in [0, 0.05) is 6.92 Å². The van der Waals surface area contributed by atoms with Crippen LogP contribution >= 0.6 is 0 Å². The van der Waals surface area contributed by atoms with Crippen molar-refractivity contribution in [2.75, 3.05) is 0 Å². The van der Waals surface area contributed by atoms with Crippen molar-refractivity contribution in [3.8, 4) is 0 Å². The van der Waals surface area contributed by atoms with Gasteiger partial charge in [0.15, 0.2) is 0 Å². The molecular weight excluding hydrogens is 267 g/mol. The van der Waals surface area contributed by atoms with Crippen molar-refractivity contribution in [3.63, 3.8) is 0 Å². The van der Waals surface area contributed by atoms with Gasteiger partial charge in [-0.05, 0) is 0 Å². The molecule has 11 heavy (non-hydrogen) atoms. The Morgan fingerprint density at radius 3 is 0.909 bits per heavy atom. The number of hydrogen-bond acceptors (Lipinski definition) is 1. The minimum atomic E-state index is -0.833. The van der Waals surface area contributed by atoms with Gasteiger partial charge in [0.25, 0.3) is 5.97 Å². The van der Waals surface area contributed by atoms with Crippen molar-refractivity contribution >= 4 is 31.8 Å². The Morgan fingerprint density at radius 2 is 0.909 bits per heavy atom. The molecule has 0 aliphatic carbocycles. The zero-order valence-electron chi connectivity index (χ0n) is 5.36. The van der Waals surface area contributed by atoms with Crippen LogP contribution in [-0.2, 0) is 4.79 Å². The quantitative estimate of drug-likeness (QED) is 0.458. The van der Waals surface area contributed by atoms with Gasteiger partial charge in [0.05, 0.1) is 0 Å². The fraction of sp³-hybridized carbons (Fsp3) is 0.500. The summed E-state index contributed by atoms with van der Waals surface area (Å²) < 4.78 is 0. The van der Waals surface area contributed by atoms with E-state index in [0.717, 1.165) is 6.92 Å². The fourth-order valence-corrected chi connectivity index (χ4v) is 0. The van der Waals surface area contributed by atoms with Crippen LogP contribution in [0.5, 0.6) is 0 Å². The van der Waals surface area contributed by atoms with Gasteiger partial charge in [-0.25, -0.2) is 0 Å². The third-order valence-electron chi connectivity index (χ3n) is 0. The predicted octanol–water partition coefficient (Wildman–Crippen LogP) is -6.04. The maximum absolute atomic E-state index is 9.00. The average Bonchev–Trinajstić information content (AvgIpc) is 0.811. The molecule has 0 atom stereocenters. The van der Waals surface area contributed by atoms with Gasteiger partial charge in [0.1, 0.15) is 0 Å². The first-order valence-electron chi connectivity index (χ1n) is 0.928. The molecule has 0 fully saturated rings. The third-order valence-corrected chi connectivity index (χ3v) is 0. The molecule has 0 saturated heterocycles. The normalized spacial score (nSPS) is 2.27. The third kappa shape index (κ3) is 66100. The topological polar surface area (TPSA) is 226 Å². The number of aliphatic carboxylic acids is 1. The molecule has 0 aliphatic rings. The molecule has 0 bridgehead atoms. The Bertz CT molecular complexity index is 35.1. The molecule has 0 unspecified atom stereocenters. The van der Waals surface area contributed by atoms with E-state index < -0.39 is 5.97 Å². The number of carboxylic acids is 1. The van der Waals surface area contributed by atoms with E-state index in [-0.39, 0.29) is 58.7 Å². The second-order valence-corrected chi connectivity index (χ2v) is 0.519. The van der Waals surface area contributed by atoms with Crippen LogP contribution in [0, 0.1) is 0 Å². The second kappa shape index (κ2) is 87.0. The Hall–Kier alpha value is 0.100. The maximum atomic E-state index is 9.00. The summed E-state index contributed by atoms with van der Waals surface area (Å²) in [6, 6.07) is 0. The van der Waals surface area contributed by atoms with E-state index in [0.29, 0.717) is 0 Å². The fourth-order valence-electron chi connectivity index (χ4n) is 0. The van der Waals surface area contributed by atoms with Crippen LogP contribution in [0.1, 0.15) is 6.92 Å². The van der Waals surface area contributed by atoms with Crippen molar-refractivity contribution in [2.45, 2.75) is 6.92 Å². The molecule has 13 N–H and O–H groups in total. The monoisotopic (exact) mass is 286 g/mol. The molecule has 0 aromatic carbocycles. The number of rotatable bonds is 0. The summed E-state index contributed by atoms with van der Waals surface area (Å²) in [5, 5.41) is 7.42. The molecule has 0 aromatic rings. The van der Waals surface area contributed by atoms with Crippen LogP contribution in [0.4, 0.5) is 0 Å². The van der Waals surface area contributed by atoms with E-state index in [4.69, 9.17) is 9.90 Å². The van der Waals surface area contributed by atoms with Crippen molar-refractivity contribution in [1.82, 2.24) is 0 Å². The average molecular weight is 286 g/mol. The molecule has 0 rings (SSSR count). The summed E-state index contributed by atoms with van der Waals surface area (Å²) >= 11 is 0. The molecule has 78 valence electrons. The molecule has 0 saturated carbocycles. The Morgan fingerprint density at radius 1 is 0.909 bits per heavy atom. The first-order chi connectivity index (χ1) is 1.73. The van der Waals surface area contributed by atoms with E-state index >= 15 is 0 Å². The molecule has 0 spiro atoms. The summed E-state index contributed by atoms with van der Waals surface area (Å²) in [4.78, 5) is 9.00. The predicted molar refractivity (Wildman–Crippen MR) is 44.9 cm³/mol. The van der Waals surface area contributed by atoms with E-state index in [9.17, 15) is 0 Å². The molecule has 0 aliphatic heterocycles. The number of carbonyl (C=O) groups is 1. The van der Waals surface area contributed by atoms with Gasteiger partial charge in [0.2, 0.25) is 0 Å². The summed E-state index contributed by atoms with van der Waals surface area (Å²) in [5.74, 6) is -0.833. The van der Waals surface area contributed by atoms with Crippen LogP contribution in [0.15, 0.2) is 0 Å². The second-order valence-electron chi connectivity index (χ2n) is 0.519. The van der Waals surface area contributed by atoms with E-state index in [1.165, 1.54) is 0 Å². The summed E-state index contributed by atoms with van der Waals surface area (Å²) in [6.07, 6.45) is 0. The molecule has 9 heteroatoms. The van der Waals surface area contributed by atoms with Gasteiger partial charge >= 0.3 is 25.8 Å². The molecular formula is C2H19InO8. The SMILES string of the molecule is CC(=O)O.O.O.O.O.O.O.[InH3]. The summed E-state index contributed by atoms with van der Waals surface area (Å²) in [6.45, 7) is 1.08. The first-order valence-corrected chi connectivity index (χ1v) is 0.928. The number of carboxylic acid groups (broad SMARTS) is 1. The van der Waals surface area contributed by atoms with Gasteiger partial charge < -0.3 is 38.0 Å². The van der Waals surface area contributed by atoms with E-state index in [1.54, 1.807) is 0 Å². The summed E-state index contributed by atoms with van der Waals surface area (Å²) in [7, 11) is 0. The van der Waals surface area contributed by atoms with Gasteiger partial charge in [-0.1, -0.05) is 0 Å². The molecule has 0 aromatic heterocycles. The Balaban J connectivity index is -0.00000000214. The van der Waals surface area contributed by atoms with Crippen LogP contribution in [0.2, 0.25) is 0 Å². The van der Waals surface area contributed by atoms with Crippen molar-refractivity contribution in [2.24, 2.45) is 0 Å². The van der Waals surface area contributed by atoms with Gasteiger partial charge in [-0.15, -0.1) is 0 Å². The minimum absolute atomic E-state index is 0. The zero-order chi connectivity index (χ0) is 3.58.